The minimum absolute atomic E-state index is 0.0607. The van der Waals surface area contributed by atoms with Gasteiger partial charge in [0.2, 0.25) is 0 Å². The summed E-state index contributed by atoms with van der Waals surface area (Å²) in [5.41, 5.74) is 0.0607. The van der Waals surface area contributed by atoms with Gasteiger partial charge >= 0.3 is 5.97 Å². The van der Waals surface area contributed by atoms with E-state index >= 15 is 0 Å². The summed E-state index contributed by atoms with van der Waals surface area (Å²) < 4.78 is 1.21. The van der Waals surface area contributed by atoms with E-state index in [1.54, 1.807) is 6.92 Å². The van der Waals surface area contributed by atoms with Crippen LogP contribution in [0.15, 0.2) is 12.3 Å². The number of carboxylic acids is 1. The van der Waals surface area contributed by atoms with E-state index in [0.717, 1.165) is 0 Å². The molecule has 0 radical (unpaired) electrons. The number of rotatable bonds is 1. The zero-order valence-electron chi connectivity index (χ0n) is 6.80. The van der Waals surface area contributed by atoms with Crippen LogP contribution in [0.4, 0.5) is 0 Å². The van der Waals surface area contributed by atoms with Gasteiger partial charge in [0, 0.05) is 6.20 Å². The van der Waals surface area contributed by atoms with Crippen LogP contribution in [0.1, 0.15) is 16.3 Å². The van der Waals surface area contributed by atoms with E-state index in [0.29, 0.717) is 11.6 Å². The van der Waals surface area contributed by atoms with E-state index in [1.807, 2.05) is 0 Å². The lowest BCUT2D eigenvalue weighted by atomic mass is 10.4. The monoisotopic (exact) mass is 178 g/mol. The molecule has 0 aromatic carbocycles. The molecular formula is C7H6N4O2. The molecule has 2 aromatic rings. The fourth-order valence-electron chi connectivity index (χ4n) is 1.06. The zero-order valence-corrected chi connectivity index (χ0v) is 6.80. The zero-order chi connectivity index (χ0) is 9.42. The smallest absolute Gasteiger partial charge is 0.354 e. The highest BCUT2D eigenvalue weighted by atomic mass is 16.4. The predicted molar refractivity (Wildman–Crippen MR) is 42.5 cm³/mol. The molecule has 0 unspecified atom stereocenters. The van der Waals surface area contributed by atoms with Crippen LogP contribution in [-0.4, -0.2) is 30.7 Å². The Balaban J connectivity index is 2.82. The number of hydrogen-bond acceptors (Lipinski definition) is 4. The van der Waals surface area contributed by atoms with Gasteiger partial charge in [-0.3, -0.25) is 0 Å². The van der Waals surface area contributed by atoms with Crippen molar-refractivity contribution < 1.29 is 9.90 Å². The van der Waals surface area contributed by atoms with Crippen molar-refractivity contribution in [3.05, 3.63) is 23.8 Å². The van der Waals surface area contributed by atoms with Crippen molar-refractivity contribution in [1.82, 2.24) is 19.6 Å². The number of aromatic nitrogens is 4. The molecule has 2 aromatic heterocycles. The summed E-state index contributed by atoms with van der Waals surface area (Å²) in [7, 11) is 0. The first-order chi connectivity index (χ1) is 6.18. The van der Waals surface area contributed by atoms with Crippen molar-refractivity contribution in [2.75, 3.05) is 0 Å². The third kappa shape index (κ3) is 1.12. The van der Waals surface area contributed by atoms with Crippen LogP contribution < -0.4 is 0 Å². The fourth-order valence-corrected chi connectivity index (χ4v) is 1.06. The summed E-state index contributed by atoms with van der Waals surface area (Å²) in [6.07, 6.45) is 1.40. The third-order valence-corrected chi connectivity index (χ3v) is 1.57. The number of nitrogens with zero attached hydrogens (tertiary/aromatic N) is 4. The van der Waals surface area contributed by atoms with E-state index in [-0.39, 0.29) is 5.69 Å². The van der Waals surface area contributed by atoms with Crippen LogP contribution >= 0.6 is 0 Å². The van der Waals surface area contributed by atoms with Crippen molar-refractivity contribution in [3.63, 3.8) is 0 Å². The number of fused-ring (bicyclic) bond motifs is 1. The van der Waals surface area contributed by atoms with E-state index in [2.05, 4.69) is 15.1 Å². The van der Waals surface area contributed by atoms with Gasteiger partial charge in [-0.05, 0) is 13.0 Å². The molecule has 66 valence electrons. The summed E-state index contributed by atoms with van der Waals surface area (Å²) in [5, 5.41) is 12.7. The Bertz CT molecular complexity index is 476. The molecular weight excluding hydrogens is 172 g/mol. The van der Waals surface area contributed by atoms with Gasteiger partial charge in [0.25, 0.3) is 5.78 Å². The molecule has 0 saturated heterocycles. The largest absolute Gasteiger partial charge is 0.477 e. The number of aromatic carboxylic acids is 1. The van der Waals surface area contributed by atoms with Crippen LogP contribution in [0.3, 0.4) is 0 Å². The summed E-state index contributed by atoms with van der Waals surface area (Å²) in [6.45, 7) is 1.68. The molecule has 0 atom stereocenters. The van der Waals surface area contributed by atoms with E-state index in [9.17, 15) is 4.79 Å². The fraction of sp³-hybridized carbons (Fsp3) is 0.143. The summed E-state index contributed by atoms with van der Waals surface area (Å²) in [4.78, 5) is 18.5. The van der Waals surface area contributed by atoms with Crippen molar-refractivity contribution in [2.24, 2.45) is 0 Å². The number of carboxylic acid groups (broad SMARTS) is 1. The lowest BCUT2D eigenvalue weighted by Crippen LogP contribution is -2.06. The Morgan fingerprint density at radius 3 is 3.08 bits per heavy atom. The van der Waals surface area contributed by atoms with Crippen LogP contribution in [0, 0.1) is 6.92 Å². The maximum Gasteiger partial charge on any atom is 0.354 e. The highest BCUT2D eigenvalue weighted by Gasteiger charge is 2.10. The average Bonchev–Trinajstić information content (AvgIpc) is 2.43. The second-order valence-corrected chi connectivity index (χ2v) is 2.51. The lowest BCUT2D eigenvalue weighted by Gasteiger charge is -1.95. The quantitative estimate of drug-likeness (QED) is 0.671. The van der Waals surface area contributed by atoms with Crippen LogP contribution in [0.25, 0.3) is 5.78 Å². The Kier molecular flexibility index (Phi) is 1.48. The lowest BCUT2D eigenvalue weighted by molar-refractivity contribution is 0.0687. The third-order valence-electron chi connectivity index (χ3n) is 1.57. The molecule has 0 aliphatic carbocycles. The SMILES string of the molecule is Cc1nc2nccc(C(=O)O)n2n1. The molecule has 13 heavy (non-hydrogen) atoms. The standard InChI is InChI=1S/C7H6N4O2/c1-4-9-7-8-3-2-5(6(12)13)11(7)10-4/h2-3H,1H3,(H,12,13). The second kappa shape index (κ2) is 2.51. The van der Waals surface area contributed by atoms with Crippen molar-refractivity contribution in [1.29, 1.82) is 0 Å². The number of carbonyl (C=O) groups is 1. The maximum atomic E-state index is 10.7. The van der Waals surface area contributed by atoms with Crippen molar-refractivity contribution in [2.45, 2.75) is 6.92 Å². The van der Waals surface area contributed by atoms with Gasteiger partial charge in [-0.1, -0.05) is 0 Å². The molecule has 1 N–H and O–H groups in total. The molecule has 0 aliphatic rings. The average molecular weight is 178 g/mol. The Labute approximate surface area is 72.9 Å². The first-order valence-electron chi connectivity index (χ1n) is 3.60. The van der Waals surface area contributed by atoms with E-state index in [1.165, 1.54) is 16.8 Å². The molecule has 6 heteroatoms. The molecule has 0 saturated carbocycles. The van der Waals surface area contributed by atoms with Crippen LogP contribution in [0.5, 0.6) is 0 Å². The van der Waals surface area contributed by atoms with Gasteiger partial charge in [-0.15, -0.1) is 5.10 Å². The Morgan fingerprint density at radius 2 is 2.38 bits per heavy atom. The highest BCUT2D eigenvalue weighted by molar-refractivity contribution is 5.85. The van der Waals surface area contributed by atoms with Crippen molar-refractivity contribution in [3.8, 4) is 0 Å². The minimum atomic E-state index is -1.04. The molecule has 2 heterocycles. The highest BCUT2D eigenvalue weighted by Crippen LogP contribution is 2.01. The summed E-state index contributed by atoms with van der Waals surface area (Å²) in [6, 6.07) is 1.38. The molecule has 0 spiro atoms. The van der Waals surface area contributed by atoms with Gasteiger partial charge in [-0.2, -0.15) is 9.50 Å². The topological polar surface area (TPSA) is 80.4 Å². The first-order valence-corrected chi connectivity index (χ1v) is 3.60. The molecule has 6 nitrogen and oxygen atoms in total. The Hall–Kier alpha value is -1.98. The van der Waals surface area contributed by atoms with Gasteiger partial charge < -0.3 is 5.11 Å². The summed E-state index contributed by atoms with van der Waals surface area (Å²) >= 11 is 0. The van der Waals surface area contributed by atoms with Gasteiger partial charge in [0.1, 0.15) is 5.82 Å². The van der Waals surface area contributed by atoms with E-state index in [4.69, 9.17) is 5.11 Å². The number of aryl methyl sites for hydroxylation is 1. The Morgan fingerprint density at radius 1 is 1.62 bits per heavy atom. The molecule has 0 fully saturated rings. The number of hydrogen-bond donors (Lipinski definition) is 1. The van der Waals surface area contributed by atoms with Gasteiger partial charge in [0.05, 0.1) is 0 Å². The molecule has 0 bridgehead atoms. The van der Waals surface area contributed by atoms with Crippen LogP contribution in [0.2, 0.25) is 0 Å². The normalized spacial score (nSPS) is 10.5. The minimum Gasteiger partial charge on any atom is -0.477 e. The molecule has 0 aliphatic heterocycles. The maximum absolute atomic E-state index is 10.7. The predicted octanol–water partition coefficient (Wildman–Crippen LogP) is 0.131. The van der Waals surface area contributed by atoms with E-state index < -0.39 is 5.97 Å². The molecule has 2 rings (SSSR count). The molecule has 0 amide bonds. The van der Waals surface area contributed by atoms with Crippen molar-refractivity contribution >= 4 is 11.7 Å². The van der Waals surface area contributed by atoms with Gasteiger partial charge in [-0.25, -0.2) is 9.78 Å². The summed E-state index contributed by atoms with van der Waals surface area (Å²) in [5.74, 6) is -0.240. The van der Waals surface area contributed by atoms with Crippen LogP contribution in [-0.2, 0) is 0 Å². The van der Waals surface area contributed by atoms with Gasteiger partial charge in [0.15, 0.2) is 5.69 Å². The first kappa shape index (κ1) is 7.66. The second-order valence-electron chi connectivity index (χ2n) is 2.51.